The van der Waals surface area contributed by atoms with Crippen LogP contribution < -0.4 is 0 Å². The molecule has 0 aromatic heterocycles. The van der Waals surface area contributed by atoms with E-state index in [-0.39, 0.29) is 34.9 Å². The summed E-state index contributed by atoms with van der Waals surface area (Å²) in [5.74, 6) is 0.0699. The van der Waals surface area contributed by atoms with E-state index in [1.807, 2.05) is 20.8 Å². The first-order valence-corrected chi connectivity index (χ1v) is 15.8. The number of Topliss-reactive ketones (excluding diaryl/α,β-unsaturated/α-hetero) is 1. The fraction of sp³-hybridized carbons (Fsp3) is 0.821. The molecule has 0 aromatic carbocycles. The Kier molecular flexibility index (Phi) is 11.9. The van der Waals surface area contributed by atoms with Crippen LogP contribution in [0.25, 0.3) is 0 Å². The Balaban J connectivity index is 0.000000334. The van der Waals surface area contributed by atoms with E-state index < -0.39 is 37.3 Å². The van der Waals surface area contributed by atoms with Gasteiger partial charge in [-0.15, -0.1) is 0 Å². The number of phosphoric acid groups is 1. The van der Waals surface area contributed by atoms with Crippen molar-refractivity contribution in [1.82, 2.24) is 0 Å². The molecule has 4 aliphatic rings. The number of esters is 1. The Morgan fingerprint density at radius 2 is 1.70 bits per heavy atom. The number of allylic oxidation sites excluding steroid dienone is 1. The van der Waals surface area contributed by atoms with Crippen LogP contribution in [-0.2, 0) is 23.7 Å². The number of hydrogen-bond acceptors (Lipinski definition) is 8. The average Bonchev–Trinajstić information content (AvgIpc) is 3.13. The average molecular weight is 591 g/mol. The maximum absolute atomic E-state index is 12.4. The van der Waals surface area contributed by atoms with Gasteiger partial charge in [-0.3, -0.25) is 14.4 Å². The molecule has 0 aliphatic heterocycles. The minimum atomic E-state index is -4.64. The molecule has 0 aromatic rings. The first-order valence-electron chi connectivity index (χ1n) is 14.2. The molecular weight excluding hydrogens is 543 g/mol. The monoisotopic (exact) mass is 590 g/mol. The highest BCUT2D eigenvalue weighted by Gasteiger charge is 2.68. The van der Waals surface area contributed by atoms with Crippen molar-refractivity contribution in [2.24, 2.45) is 28.6 Å². The molecule has 4 rings (SSSR count). The predicted molar refractivity (Wildman–Crippen MR) is 146 cm³/mol. The van der Waals surface area contributed by atoms with Crippen molar-refractivity contribution in [1.29, 1.82) is 0 Å². The zero-order valence-corrected chi connectivity index (χ0v) is 24.9. The molecule has 12 heteroatoms. The van der Waals surface area contributed by atoms with Gasteiger partial charge in [-0.2, -0.15) is 0 Å². The van der Waals surface area contributed by atoms with Gasteiger partial charge in [0.15, 0.2) is 11.6 Å². The lowest BCUT2D eigenvalue weighted by Crippen LogP contribution is -2.62. The summed E-state index contributed by atoms with van der Waals surface area (Å²) in [6.45, 7) is 7.98. The number of carbonyl (C=O) groups is 3. The molecule has 0 bridgehead atoms. The van der Waals surface area contributed by atoms with Crippen LogP contribution in [0.4, 0.5) is 0 Å². The number of hydrogen-bond donors (Lipinski definition) is 6. The second-order valence-corrected chi connectivity index (χ2v) is 13.1. The van der Waals surface area contributed by atoms with E-state index in [9.17, 15) is 29.7 Å². The van der Waals surface area contributed by atoms with E-state index in [0.29, 0.717) is 32.3 Å². The molecule has 3 saturated carbocycles. The van der Waals surface area contributed by atoms with Gasteiger partial charge in [-0.1, -0.05) is 33.3 Å². The number of aliphatic hydroxyl groups is 3. The Labute approximate surface area is 236 Å². The van der Waals surface area contributed by atoms with Crippen molar-refractivity contribution < 1.29 is 53.7 Å². The summed E-state index contributed by atoms with van der Waals surface area (Å²) in [7, 11) is -4.64. The van der Waals surface area contributed by atoms with Gasteiger partial charge in [0.05, 0.1) is 12.7 Å². The third-order valence-electron chi connectivity index (χ3n) is 9.57. The van der Waals surface area contributed by atoms with Crippen molar-refractivity contribution in [2.45, 2.75) is 104 Å². The van der Waals surface area contributed by atoms with Gasteiger partial charge < -0.3 is 34.7 Å². The SMILES string of the molecule is CCCOC(=O)CCC.C[C@]12CCC(=O)C=C1CC[C@@H]1[C@@H]2[C@@H](O)C[C@@]2(C)[C@H]1CC[C@]2(O)C(=O)CO.O=P(O)(O)O. The zero-order valence-electron chi connectivity index (χ0n) is 24.0. The summed E-state index contributed by atoms with van der Waals surface area (Å²) in [4.78, 5) is 56.4. The lowest BCUT2D eigenvalue weighted by molar-refractivity contribution is -0.182. The summed E-state index contributed by atoms with van der Waals surface area (Å²) in [6.07, 6.45) is 8.08. The van der Waals surface area contributed by atoms with Crippen LogP contribution in [0, 0.1) is 28.6 Å². The number of fused-ring (bicyclic) bond motifs is 5. The van der Waals surface area contributed by atoms with E-state index in [2.05, 4.69) is 6.92 Å². The second kappa shape index (κ2) is 13.7. The van der Waals surface area contributed by atoms with Gasteiger partial charge >= 0.3 is 13.8 Å². The smallest absolute Gasteiger partial charge is 0.466 e. The van der Waals surface area contributed by atoms with E-state index in [0.717, 1.165) is 38.5 Å². The maximum Gasteiger partial charge on any atom is 0.466 e. The summed E-state index contributed by atoms with van der Waals surface area (Å²) in [5, 5.41) is 31.7. The summed E-state index contributed by atoms with van der Waals surface area (Å²) in [5.41, 5.74) is -1.23. The van der Waals surface area contributed by atoms with Gasteiger partial charge in [-0.25, -0.2) is 4.57 Å². The van der Waals surface area contributed by atoms with Crippen molar-refractivity contribution in [3.8, 4) is 0 Å². The second-order valence-electron chi connectivity index (χ2n) is 12.0. The summed E-state index contributed by atoms with van der Waals surface area (Å²) in [6, 6.07) is 0. The topological polar surface area (TPSA) is 199 Å². The van der Waals surface area contributed by atoms with Gasteiger partial charge in [0.1, 0.15) is 12.2 Å². The Morgan fingerprint density at radius 3 is 2.25 bits per heavy atom. The summed E-state index contributed by atoms with van der Waals surface area (Å²) >= 11 is 0. The van der Waals surface area contributed by atoms with Crippen LogP contribution in [-0.4, -0.2) is 72.5 Å². The Bertz CT molecular complexity index is 998. The maximum atomic E-state index is 12.4. The van der Waals surface area contributed by atoms with E-state index in [1.165, 1.54) is 5.57 Å². The highest BCUT2D eigenvalue weighted by atomic mass is 31.2. The molecular formula is C28H47O11P. The van der Waals surface area contributed by atoms with Gasteiger partial charge in [0.2, 0.25) is 0 Å². The van der Waals surface area contributed by atoms with Crippen LogP contribution in [0.1, 0.15) is 91.9 Å². The highest BCUT2D eigenvalue weighted by Crippen LogP contribution is 2.67. The minimum Gasteiger partial charge on any atom is -0.466 e. The molecule has 0 heterocycles. The fourth-order valence-electron chi connectivity index (χ4n) is 7.77. The molecule has 4 aliphatic carbocycles. The number of ether oxygens (including phenoxy) is 1. The molecule has 0 saturated heterocycles. The zero-order chi connectivity index (χ0) is 30.5. The molecule has 0 spiro atoms. The van der Waals surface area contributed by atoms with Crippen LogP contribution in [0.3, 0.4) is 0 Å². The molecule has 0 amide bonds. The van der Waals surface area contributed by atoms with E-state index >= 15 is 0 Å². The number of aliphatic hydroxyl groups excluding tert-OH is 2. The van der Waals surface area contributed by atoms with Crippen molar-refractivity contribution >= 4 is 25.4 Å². The molecule has 6 N–H and O–H groups in total. The first kappa shape index (κ1) is 34.7. The summed E-state index contributed by atoms with van der Waals surface area (Å²) < 4.78 is 13.7. The molecule has 3 fully saturated rings. The number of carbonyl (C=O) groups excluding carboxylic acids is 3. The molecule has 230 valence electrons. The van der Waals surface area contributed by atoms with E-state index in [1.54, 1.807) is 6.08 Å². The molecule has 7 atom stereocenters. The standard InChI is InChI=1S/C21H30O5.C7H14O2.H3O4P/c1-19-7-5-13(23)9-12(19)3-4-14-15-6-8-21(26,17(25)11-22)20(15,2)10-16(24)18(14)19;1-3-5-7(8)9-6-4-2;1-5(2,3)4/h9,14-16,18,22,24,26H,3-8,10-11H2,1-2H3;3-6H2,1-2H3;(H3,1,2,3,4)/t14-,15-,16-,18+,19-,20-,21-;;/m0../s1. The fourth-order valence-corrected chi connectivity index (χ4v) is 7.77. The van der Waals surface area contributed by atoms with Gasteiger partial charge in [0, 0.05) is 18.3 Å². The van der Waals surface area contributed by atoms with E-state index in [4.69, 9.17) is 24.0 Å². The molecule has 11 nitrogen and oxygen atoms in total. The van der Waals surface area contributed by atoms with Gasteiger partial charge in [0.25, 0.3) is 0 Å². The minimum absolute atomic E-state index is 0.0697. The van der Waals surface area contributed by atoms with Crippen LogP contribution in [0.15, 0.2) is 11.6 Å². The third-order valence-corrected chi connectivity index (χ3v) is 9.57. The molecule has 40 heavy (non-hydrogen) atoms. The predicted octanol–water partition coefficient (Wildman–Crippen LogP) is 2.59. The Hall–Kier alpha value is -1.46. The quantitative estimate of drug-likeness (QED) is 0.196. The van der Waals surface area contributed by atoms with Crippen molar-refractivity contribution in [3.63, 3.8) is 0 Å². The lowest BCUT2D eigenvalue weighted by atomic mass is 9.45. The normalized spacial score (nSPS) is 36.4. The van der Waals surface area contributed by atoms with Crippen molar-refractivity contribution in [2.75, 3.05) is 13.2 Å². The lowest BCUT2D eigenvalue weighted by Gasteiger charge is -2.60. The van der Waals surface area contributed by atoms with Crippen LogP contribution in [0.5, 0.6) is 0 Å². The first-order chi connectivity index (χ1) is 18.5. The third kappa shape index (κ3) is 7.48. The highest BCUT2D eigenvalue weighted by molar-refractivity contribution is 7.45. The Morgan fingerprint density at radius 1 is 1.07 bits per heavy atom. The van der Waals surface area contributed by atoms with Crippen LogP contribution in [0.2, 0.25) is 0 Å². The number of rotatable bonds is 6. The van der Waals surface area contributed by atoms with Gasteiger partial charge in [-0.05, 0) is 80.6 Å². The van der Waals surface area contributed by atoms with Crippen LogP contribution >= 0.6 is 7.82 Å². The largest absolute Gasteiger partial charge is 0.466 e. The molecule has 0 unspecified atom stereocenters. The number of ketones is 2. The van der Waals surface area contributed by atoms with Crippen molar-refractivity contribution in [3.05, 3.63) is 11.6 Å². The molecule has 0 radical (unpaired) electrons.